The van der Waals surface area contributed by atoms with Crippen molar-refractivity contribution in [3.63, 3.8) is 0 Å². The van der Waals surface area contributed by atoms with E-state index in [4.69, 9.17) is 24.2 Å². The lowest BCUT2D eigenvalue weighted by molar-refractivity contribution is -0.154. The number of benzene rings is 1. The van der Waals surface area contributed by atoms with Gasteiger partial charge in [0.05, 0.1) is 48.3 Å². The van der Waals surface area contributed by atoms with Gasteiger partial charge in [0.15, 0.2) is 21.4 Å². The molecule has 0 N–H and O–H groups in total. The normalized spacial score (nSPS) is 31.2. The summed E-state index contributed by atoms with van der Waals surface area (Å²) in [6.07, 6.45) is 7.53. The van der Waals surface area contributed by atoms with E-state index in [0.717, 1.165) is 32.1 Å². The van der Waals surface area contributed by atoms with Crippen molar-refractivity contribution in [2.24, 2.45) is 34.5 Å². The fourth-order valence-corrected chi connectivity index (χ4v) is 10.9. The number of fused-ring (bicyclic) bond motifs is 5. The number of Topliss-reactive ketones (excluding diaryl/α,β-unsaturated/α-hetero) is 2. The molecular weight excluding hydrogens is 735 g/mol. The molecule has 56 heavy (non-hydrogen) atoms. The number of methoxy groups -OCH3 is 1. The smallest absolute Gasteiger partial charge is 0.306 e. The second kappa shape index (κ2) is 15.5. The van der Waals surface area contributed by atoms with Crippen LogP contribution in [0.4, 0.5) is 0 Å². The minimum Gasteiger partial charge on any atom is -0.497 e. The van der Waals surface area contributed by atoms with E-state index in [1.54, 1.807) is 24.2 Å². The second-order valence-electron chi connectivity index (χ2n) is 18.0. The number of hydrogen-bond acceptors (Lipinski definition) is 11. The third-order valence-corrected chi connectivity index (χ3v) is 15.2. The fraction of sp³-hybridized carbons (Fsp3) is 0.674. The number of rotatable bonds is 10. The van der Waals surface area contributed by atoms with Crippen molar-refractivity contribution in [3.8, 4) is 11.6 Å². The first-order chi connectivity index (χ1) is 26.6. The van der Waals surface area contributed by atoms with Crippen molar-refractivity contribution in [1.29, 1.82) is 0 Å². The van der Waals surface area contributed by atoms with Gasteiger partial charge in [-0.05, 0) is 80.8 Å². The largest absolute Gasteiger partial charge is 0.497 e. The van der Waals surface area contributed by atoms with Crippen LogP contribution >= 0.6 is 0 Å². The van der Waals surface area contributed by atoms with Crippen molar-refractivity contribution in [2.45, 2.75) is 128 Å². The van der Waals surface area contributed by atoms with Gasteiger partial charge in [-0.1, -0.05) is 46.6 Å². The molecule has 1 aromatic heterocycles. The molecule has 13 heteroatoms. The molecule has 0 spiro atoms. The summed E-state index contributed by atoms with van der Waals surface area (Å²) < 4.78 is 44.2. The number of aromatic nitrogens is 2. The molecule has 1 saturated heterocycles. The van der Waals surface area contributed by atoms with Crippen molar-refractivity contribution in [2.75, 3.05) is 19.4 Å². The fourth-order valence-electron chi connectivity index (χ4n) is 9.15. The Morgan fingerprint density at radius 2 is 1.82 bits per heavy atom. The van der Waals surface area contributed by atoms with Gasteiger partial charge in [0.2, 0.25) is 11.8 Å². The molecule has 3 saturated carbocycles. The summed E-state index contributed by atoms with van der Waals surface area (Å²) in [5, 5.41) is -0.500. The number of hydrogen-bond donors (Lipinski definition) is 0. The highest BCUT2D eigenvalue weighted by Gasteiger charge is 2.62. The number of carbonyl (C=O) groups is 4. The van der Waals surface area contributed by atoms with Crippen LogP contribution in [0.2, 0.25) is 0 Å². The average molecular weight is 792 g/mol. The summed E-state index contributed by atoms with van der Waals surface area (Å²) in [4.78, 5) is 68.7. The maximum absolute atomic E-state index is 15.0. The number of ketones is 2. The van der Waals surface area contributed by atoms with Gasteiger partial charge in [0.1, 0.15) is 29.4 Å². The van der Waals surface area contributed by atoms with Gasteiger partial charge in [0.25, 0.3) is 0 Å². The van der Waals surface area contributed by atoms with Gasteiger partial charge in [-0.2, -0.15) is 0 Å². The van der Waals surface area contributed by atoms with Crippen LogP contribution in [0, 0.1) is 34.5 Å². The lowest BCUT2D eigenvalue weighted by Gasteiger charge is -2.35. The first kappa shape index (κ1) is 40.3. The van der Waals surface area contributed by atoms with Crippen LogP contribution < -0.4 is 9.47 Å². The summed E-state index contributed by atoms with van der Waals surface area (Å²) >= 11 is 0. The predicted octanol–water partition coefficient (Wildman–Crippen LogP) is 6.02. The molecule has 12 nitrogen and oxygen atoms in total. The molecule has 2 bridgehead atoms. The number of carbonyl (C=O) groups excluding carboxylic acids is 4. The summed E-state index contributed by atoms with van der Waals surface area (Å²) in [6.45, 7) is 11.6. The molecule has 5 aliphatic rings. The Morgan fingerprint density at radius 3 is 2.48 bits per heavy atom. The molecule has 4 fully saturated rings. The Bertz CT molecular complexity index is 2010. The van der Waals surface area contributed by atoms with Gasteiger partial charge in [-0.3, -0.25) is 19.2 Å². The third kappa shape index (κ3) is 8.25. The average Bonchev–Trinajstić information content (AvgIpc) is 4.07. The molecule has 1 aromatic carbocycles. The van der Waals surface area contributed by atoms with E-state index in [1.165, 1.54) is 0 Å². The minimum atomic E-state index is -3.62. The topological polar surface area (TPSA) is 159 Å². The molecule has 2 aromatic rings. The van der Waals surface area contributed by atoms with Crippen LogP contribution in [-0.2, 0) is 40.2 Å². The summed E-state index contributed by atoms with van der Waals surface area (Å²) in [5.74, 6) is -2.53. The van der Waals surface area contributed by atoms with E-state index in [-0.39, 0.29) is 43.1 Å². The molecule has 8 atom stereocenters. The van der Waals surface area contributed by atoms with E-state index in [0.29, 0.717) is 66.4 Å². The molecule has 3 aliphatic carbocycles. The molecule has 0 radical (unpaired) electrons. The Labute approximate surface area is 330 Å². The SMILES string of the molecule is C=C[C@@H]1C[C@]1(CC(=O)[C@@H]1[C@H](CC)[C@@H]2CN1C(=O)[C@H](C(C)(C)C)CC(=O)O[C@@H]1C[C@H]1CCCCCc1nc3ccc(OC)cc3nc1O2)C(=O)CS(=O)(=O)C1CC1. The number of esters is 1. The van der Waals surface area contributed by atoms with Gasteiger partial charge < -0.3 is 19.1 Å². The van der Waals surface area contributed by atoms with E-state index in [2.05, 4.69) is 6.58 Å². The molecular formula is C43H57N3O9S. The van der Waals surface area contributed by atoms with E-state index in [9.17, 15) is 27.6 Å². The number of allylic oxidation sites excluding steroid dienone is 1. The Morgan fingerprint density at radius 1 is 1.05 bits per heavy atom. The van der Waals surface area contributed by atoms with Crippen LogP contribution in [0.1, 0.15) is 104 Å². The van der Waals surface area contributed by atoms with Crippen LogP contribution in [0.15, 0.2) is 30.9 Å². The van der Waals surface area contributed by atoms with Crippen molar-refractivity contribution < 1.29 is 41.8 Å². The van der Waals surface area contributed by atoms with E-state index < -0.39 is 67.4 Å². The molecule has 304 valence electrons. The van der Waals surface area contributed by atoms with Gasteiger partial charge in [0, 0.05) is 23.8 Å². The number of sulfone groups is 1. The molecule has 0 unspecified atom stereocenters. The van der Waals surface area contributed by atoms with Crippen LogP contribution in [0.3, 0.4) is 0 Å². The third-order valence-electron chi connectivity index (χ3n) is 13.0. The monoisotopic (exact) mass is 791 g/mol. The van der Waals surface area contributed by atoms with Gasteiger partial charge in [-0.15, -0.1) is 6.58 Å². The van der Waals surface area contributed by atoms with E-state index in [1.807, 2.05) is 39.8 Å². The van der Waals surface area contributed by atoms with Crippen molar-refractivity contribution in [1.82, 2.24) is 14.9 Å². The molecule has 1 amide bonds. The number of nitrogens with zero attached hydrogens (tertiary/aromatic N) is 3. The van der Waals surface area contributed by atoms with Crippen LogP contribution in [-0.4, -0.2) is 89.6 Å². The summed E-state index contributed by atoms with van der Waals surface area (Å²) in [7, 11) is -2.03. The van der Waals surface area contributed by atoms with Crippen LogP contribution in [0.5, 0.6) is 11.6 Å². The maximum atomic E-state index is 15.0. The zero-order valence-corrected chi connectivity index (χ0v) is 34.3. The Kier molecular flexibility index (Phi) is 11.1. The Hall–Kier alpha value is -3.87. The number of ether oxygens (including phenoxy) is 3. The highest BCUT2D eigenvalue weighted by Crippen LogP contribution is 2.58. The zero-order chi connectivity index (χ0) is 40.2. The highest BCUT2D eigenvalue weighted by molar-refractivity contribution is 7.93. The molecule has 3 heterocycles. The zero-order valence-electron chi connectivity index (χ0n) is 33.5. The van der Waals surface area contributed by atoms with Crippen molar-refractivity contribution in [3.05, 3.63) is 36.5 Å². The van der Waals surface area contributed by atoms with Crippen LogP contribution in [0.25, 0.3) is 11.0 Å². The second-order valence-corrected chi connectivity index (χ2v) is 20.3. The number of amides is 1. The lowest BCUT2D eigenvalue weighted by Crippen LogP contribution is -2.49. The minimum absolute atomic E-state index is 0.0548. The van der Waals surface area contributed by atoms with Gasteiger partial charge in [-0.25, -0.2) is 18.4 Å². The summed E-state index contributed by atoms with van der Waals surface area (Å²) in [5.41, 5.74) is 0.139. The van der Waals surface area contributed by atoms with Crippen molar-refractivity contribution >= 4 is 44.3 Å². The molecule has 2 aliphatic heterocycles. The maximum Gasteiger partial charge on any atom is 0.306 e. The van der Waals surface area contributed by atoms with E-state index >= 15 is 0 Å². The highest BCUT2D eigenvalue weighted by atomic mass is 32.2. The standard InChI is InChI=1S/C43H57N3O9S/c1-7-26-21-43(26,37(48)24-56(51,52)28-15-16-28)22-34(47)39-29(8-2)36-23-46(39)41(50)30(42(3,4)5)20-38(49)54-35-18-25(35)12-10-9-11-13-32-40(55-36)45-33-19-27(53-6)14-17-31(33)44-32/h7,14,17,19,25-26,28-30,35-36,39H,1,8-13,15-16,18,20-24H2,2-6H3/t25-,26-,29-,30-,35-,36+,39+,43-/m1/s1. The predicted molar refractivity (Wildman–Crippen MR) is 210 cm³/mol. The number of aryl methyl sites for hydroxylation is 1. The molecule has 7 rings (SSSR count). The first-order valence-corrected chi connectivity index (χ1v) is 22.2. The lowest BCUT2D eigenvalue weighted by atomic mass is 9.77. The first-order valence-electron chi connectivity index (χ1n) is 20.5. The quantitative estimate of drug-likeness (QED) is 0.205. The Balaban J connectivity index is 1.26. The summed E-state index contributed by atoms with van der Waals surface area (Å²) in [6, 6.07) is 4.53. The van der Waals surface area contributed by atoms with Gasteiger partial charge >= 0.3 is 5.97 Å².